The van der Waals surface area contributed by atoms with Crippen molar-refractivity contribution >= 4 is 28.9 Å². The quantitative estimate of drug-likeness (QED) is 0.379. The highest BCUT2D eigenvalue weighted by Gasteiger charge is 2.27. The number of likely N-dealkylation sites (tertiary alicyclic amines) is 1. The van der Waals surface area contributed by atoms with Gasteiger partial charge in [0.15, 0.2) is 0 Å². The number of urea groups is 2. The lowest BCUT2D eigenvalue weighted by atomic mass is 10.0. The van der Waals surface area contributed by atoms with Gasteiger partial charge in [-0.25, -0.2) is 14.4 Å². The van der Waals surface area contributed by atoms with Crippen LogP contribution in [0.15, 0.2) is 42.6 Å². The number of fused-ring (bicyclic) bond motifs is 1. The zero-order valence-corrected chi connectivity index (χ0v) is 19.5. The van der Waals surface area contributed by atoms with Crippen LogP contribution < -0.4 is 16.0 Å². The normalized spacial score (nSPS) is 15.6. The fourth-order valence-corrected chi connectivity index (χ4v) is 3.98. The summed E-state index contributed by atoms with van der Waals surface area (Å²) in [5.74, 6) is -1.09. The van der Waals surface area contributed by atoms with Gasteiger partial charge in [0.05, 0.1) is 11.7 Å². The Bertz CT molecular complexity index is 1070. The molecule has 182 valence electrons. The first-order chi connectivity index (χ1) is 16.4. The van der Waals surface area contributed by atoms with Gasteiger partial charge in [-0.05, 0) is 43.9 Å². The lowest BCUT2D eigenvalue weighted by Gasteiger charge is -2.33. The van der Waals surface area contributed by atoms with E-state index in [1.807, 2.05) is 50.3 Å². The summed E-state index contributed by atoms with van der Waals surface area (Å²) in [5.41, 5.74) is 2.69. The van der Waals surface area contributed by atoms with Gasteiger partial charge in [-0.15, -0.1) is 0 Å². The van der Waals surface area contributed by atoms with Crippen LogP contribution in [0.1, 0.15) is 30.9 Å². The summed E-state index contributed by atoms with van der Waals surface area (Å²) < 4.78 is 0. The number of aromatic amines is 1. The number of carbonyl (C=O) groups is 3. The maximum absolute atomic E-state index is 12.7. The first-order valence-corrected chi connectivity index (χ1v) is 11.4. The molecule has 1 fully saturated rings. The van der Waals surface area contributed by atoms with Crippen molar-refractivity contribution in [1.29, 1.82) is 0 Å². The van der Waals surface area contributed by atoms with Crippen molar-refractivity contribution in [1.82, 2.24) is 31.0 Å². The van der Waals surface area contributed by atoms with Gasteiger partial charge < -0.3 is 26.0 Å². The van der Waals surface area contributed by atoms with E-state index in [0.29, 0.717) is 32.5 Å². The number of amides is 4. The second kappa shape index (κ2) is 11.9. The van der Waals surface area contributed by atoms with Gasteiger partial charge in [-0.3, -0.25) is 5.10 Å². The molecule has 2 aromatic rings. The standard InChI is InChI=1S/C24H32N6O4/c1-3-4-5-6-9-25-23(33)27-19-7-10-30(11-8-19)24(34)28-20(22(31)32)14-17-12-16(2)21-18(13-17)15-26-29-21/h3-6,12-13,15,19-20H,7-11,14H2,1-2H3,(H,26,29)(H,28,34)(H,31,32)(H2,25,27,33)/b4-3-,6-5-. The van der Waals surface area contributed by atoms with E-state index >= 15 is 0 Å². The van der Waals surface area contributed by atoms with Crippen molar-refractivity contribution in [3.8, 4) is 0 Å². The molecule has 3 rings (SSSR count). The number of carbonyl (C=O) groups excluding carboxylic acids is 2. The molecule has 34 heavy (non-hydrogen) atoms. The number of H-pyrrole nitrogens is 1. The largest absolute Gasteiger partial charge is 0.480 e. The van der Waals surface area contributed by atoms with Crippen LogP contribution in [0.4, 0.5) is 9.59 Å². The number of carboxylic acid groups (broad SMARTS) is 1. The van der Waals surface area contributed by atoms with Crippen LogP contribution in [0.25, 0.3) is 10.9 Å². The zero-order valence-electron chi connectivity index (χ0n) is 19.5. The van der Waals surface area contributed by atoms with E-state index in [1.165, 1.54) is 0 Å². The SMILES string of the molecule is C/C=C\C=C/CNC(=O)NC1CCN(C(=O)NC(Cc2cc(C)c3[nH]ncc3c2)C(=O)O)CC1. The summed E-state index contributed by atoms with van der Waals surface area (Å²) in [4.78, 5) is 38.1. The number of hydrogen-bond acceptors (Lipinski definition) is 4. The van der Waals surface area contributed by atoms with Crippen molar-refractivity contribution in [3.63, 3.8) is 0 Å². The molecule has 0 spiro atoms. The Balaban J connectivity index is 1.47. The Hall–Kier alpha value is -3.82. The Morgan fingerprint density at radius 3 is 2.74 bits per heavy atom. The van der Waals surface area contributed by atoms with Gasteiger partial charge in [0.25, 0.3) is 0 Å². The number of nitrogens with zero attached hydrogens (tertiary/aromatic N) is 2. The molecular formula is C24H32N6O4. The number of piperidine rings is 1. The van der Waals surface area contributed by atoms with Gasteiger partial charge in [-0.2, -0.15) is 5.10 Å². The van der Waals surface area contributed by atoms with Crippen LogP contribution in [0.3, 0.4) is 0 Å². The van der Waals surface area contributed by atoms with Crippen LogP contribution in [0.2, 0.25) is 0 Å². The third-order valence-corrected chi connectivity index (χ3v) is 5.78. The number of carboxylic acids is 1. The number of aliphatic carboxylic acids is 1. The lowest BCUT2D eigenvalue weighted by molar-refractivity contribution is -0.139. The molecule has 2 heterocycles. The van der Waals surface area contributed by atoms with Crippen molar-refractivity contribution in [2.75, 3.05) is 19.6 Å². The van der Waals surface area contributed by atoms with E-state index < -0.39 is 18.0 Å². The number of benzene rings is 1. The molecule has 1 aliphatic heterocycles. The fourth-order valence-electron chi connectivity index (χ4n) is 3.98. The maximum Gasteiger partial charge on any atom is 0.326 e. The van der Waals surface area contributed by atoms with Crippen molar-refractivity contribution in [2.45, 2.75) is 45.2 Å². The number of hydrogen-bond donors (Lipinski definition) is 5. The molecular weight excluding hydrogens is 436 g/mol. The number of rotatable bonds is 8. The minimum Gasteiger partial charge on any atom is -0.480 e. The molecule has 1 aromatic carbocycles. The first-order valence-electron chi connectivity index (χ1n) is 11.4. The Morgan fingerprint density at radius 2 is 2.03 bits per heavy atom. The highest BCUT2D eigenvalue weighted by molar-refractivity contribution is 5.84. The Morgan fingerprint density at radius 1 is 1.26 bits per heavy atom. The van der Waals surface area contributed by atoms with Gasteiger partial charge >= 0.3 is 18.0 Å². The molecule has 0 aliphatic carbocycles. The number of aromatic nitrogens is 2. The number of nitrogens with one attached hydrogen (secondary N) is 4. The molecule has 1 atom stereocenters. The predicted octanol–water partition coefficient (Wildman–Crippen LogP) is 2.47. The maximum atomic E-state index is 12.7. The average Bonchev–Trinajstić information content (AvgIpc) is 3.28. The summed E-state index contributed by atoms with van der Waals surface area (Å²) in [7, 11) is 0. The second-order valence-corrected chi connectivity index (χ2v) is 8.36. The summed E-state index contributed by atoms with van der Waals surface area (Å²) in [6, 6.07) is 2.04. The van der Waals surface area contributed by atoms with Crippen LogP contribution in [0, 0.1) is 6.92 Å². The summed E-state index contributed by atoms with van der Waals surface area (Å²) >= 11 is 0. The molecule has 1 aromatic heterocycles. The van der Waals surface area contributed by atoms with E-state index in [2.05, 4.69) is 26.1 Å². The summed E-state index contributed by atoms with van der Waals surface area (Å²) in [6.45, 7) is 5.15. The lowest BCUT2D eigenvalue weighted by Crippen LogP contribution is -2.54. The molecule has 1 aliphatic rings. The van der Waals surface area contributed by atoms with Crippen molar-refractivity contribution in [3.05, 3.63) is 53.8 Å². The minimum absolute atomic E-state index is 0.0384. The molecule has 1 unspecified atom stereocenters. The molecule has 10 heteroatoms. The zero-order chi connectivity index (χ0) is 24.5. The number of allylic oxidation sites excluding steroid dienone is 3. The van der Waals surface area contributed by atoms with Crippen molar-refractivity contribution < 1.29 is 19.5 Å². The van der Waals surface area contributed by atoms with Crippen LogP contribution in [-0.2, 0) is 11.2 Å². The van der Waals surface area contributed by atoms with Gasteiger partial charge in [0.2, 0.25) is 0 Å². The molecule has 4 amide bonds. The van der Waals surface area contributed by atoms with E-state index in [-0.39, 0.29) is 18.5 Å². The van der Waals surface area contributed by atoms with Gasteiger partial charge in [0, 0.05) is 37.5 Å². The molecule has 1 saturated heterocycles. The average molecular weight is 469 g/mol. The van der Waals surface area contributed by atoms with Crippen molar-refractivity contribution in [2.24, 2.45) is 0 Å². The van der Waals surface area contributed by atoms with Gasteiger partial charge in [0.1, 0.15) is 6.04 Å². The minimum atomic E-state index is -1.09. The van der Waals surface area contributed by atoms with Gasteiger partial charge in [-0.1, -0.05) is 30.4 Å². The smallest absolute Gasteiger partial charge is 0.326 e. The van der Waals surface area contributed by atoms with E-state index in [1.54, 1.807) is 11.1 Å². The molecule has 10 nitrogen and oxygen atoms in total. The monoisotopic (exact) mass is 468 g/mol. The Labute approximate surface area is 198 Å². The van der Waals surface area contributed by atoms with E-state index in [4.69, 9.17) is 0 Å². The summed E-state index contributed by atoms with van der Waals surface area (Å²) in [5, 5.41) is 25.8. The fraction of sp³-hybridized carbons (Fsp3) is 0.417. The molecule has 0 bridgehead atoms. The number of aryl methyl sites for hydroxylation is 1. The van der Waals surface area contributed by atoms with E-state index in [0.717, 1.165) is 22.0 Å². The molecule has 0 saturated carbocycles. The third-order valence-electron chi connectivity index (χ3n) is 5.78. The second-order valence-electron chi connectivity index (χ2n) is 8.36. The summed E-state index contributed by atoms with van der Waals surface area (Å²) in [6.07, 6.45) is 10.6. The molecule has 0 radical (unpaired) electrons. The topological polar surface area (TPSA) is 139 Å². The highest BCUT2D eigenvalue weighted by Crippen LogP contribution is 2.19. The van der Waals surface area contributed by atoms with E-state index in [9.17, 15) is 19.5 Å². The third kappa shape index (κ3) is 6.84. The Kier molecular flexibility index (Phi) is 8.66. The molecule has 5 N–H and O–H groups in total. The highest BCUT2D eigenvalue weighted by atomic mass is 16.4. The van der Waals surface area contributed by atoms with Crippen LogP contribution in [0.5, 0.6) is 0 Å². The van der Waals surface area contributed by atoms with Crippen LogP contribution in [-0.4, -0.2) is 70.0 Å². The van der Waals surface area contributed by atoms with Crippen LogP contribution >= 0.6 is 0 Å². The predicted molar refractivity (Wildman–Crippen MR) is 130 cm³/mol. The first kappa shape index (κ1) is 24.8.